The summed E-state index contributed by atoms with van der Waals surface area (Å²) in [6, 6.07) is 38.4. The van der Waals surface area contributed by atoms with Crippen molar-refractivity contribution in [2.45, 2.75) is 178 Å². The molecule has 4 aromatic carbocycles. The van der Waals surface area contributed by atoms with Gasteiger partial charge >= 0.3 is 5.97 Å². The Morgan fingerprint density at radius 3 is 1.64 bits per heavy atom. The van der Waals surface area contributed by atoms with Crippen LogP contribution in [0, 0.1) is 0 Å². The molecule has 0 amide bonds. The molecular weight excluding hydrogens is 957 g/mol. The molecule has 5 saturated heterocycles. The van der Waals surface area contributed by atoms with Crippen LogP contribution >= 0.6 is 0 Å². The van der Waals surface area contributed by atoms with Crippen LogP contribution in [0.1, 0.15) is 75.5 Å². The molecule has 9 rings (SSSR count). The number of carbonyl (C=O) groups is 1. The van der Waals surface area contributed by atoms with Gasteiger partial charge in [-0.2, -0.15) is 0 Å². The fourth-order valence-electron chi connectivity index (χ4n) is 10.2. The standard InChI is InChI=1S/C57H72O17/c1-35-42(61-30-36-22-14-10-15-23-36)45(62-31-37-24-16-11-17-25-37)48(63-32-38-26-18-12-19-27-38)53(66-35)69-49-47-44(71-56(4,5)73-47)40(33-64-51(58)39-28-20-13-21-29-39)67-54(49)68-43(41-34-65-55(2,3)70-41)46-50(52(59-8)60-9)74-57(6,7)72-46/h10-29,35,40-50,52-54H,30-34H2,1-9H3/t35-,40+,41+,42+,43+,44-,45+,46-,47-,48-,49+,50+,53-,54-/m0/s1. The molecule has 14 atom stereocenters. The van der Waals surface area contributed by atoms with Crippen molar-refractivity contribution >= 4 is 5.97 Å². The number of hydrogen-bond donors (Lipinski definition) is 0. The van der Waals surface area contributed by atoms with E-state index in [1.165, 1.54) is 14.2 Å². The molecule has 0 saturated carbocycles. The Bertz CT molecular complexity index is 2350. The first-order chi connectivity index (χ1) is 35.6. The van der Waals surface area contributed by atoms with Gasteiger partial charge in [-0.25, -0.2) is 4.79 Å². The van der Waals surface area contributed by atoms with Gasteiger partial charge in [0.05, 0.1) is 38.1 Å². The number of rotatable bonds is 21. The summed E-state index contributed by atoms with van der Waals surface area (Å²) in [5.41, 5.74) is 3.23. The molecule has 5 aliphatic heterocycles. The van der Waals surface area contributed by atoms with Gasteiger partial charge in [0.15, 0.2) is 36.2 Å². The molecule has 5 aliphatic rings. The molecule has 17 nitrogen and oxygen atoms in total. The minimum absolute atomic E-state index is 0.119. The summed E-state index contributed by atoms with van der Waals surface area (Å²) >= 11 is 0. The van der Waals surface area contributed by atoms with Gasteiger partial charge in [-0.05, 0) is 77.3 Å². The molecule has 4 aromatic rings. The van der Waals surface area contributed by atoms with Crippen LogP contribution in [0.5, 0.6) is 0 Å². The summed E-state index contributed by atoms with van der Waals surface area (Å²) in [7, 11) is 3.05. The normalized spacial score (nSPS) is 32.5. The number of methoxy groups -OCH3 is 2. The first-order valence-electron chi connectivity index (χ1n) is 25.5. The Balaban J connectivity index is 1.10. The smallest absolute Gasteiger partial charge is 0.338 e. The van der Waals surface area contributed by atoms with E-state index in [0.717, 1.165) is 16.7 Å². The first kappa shape index (κ1) is 54.5. The monoisotopic (exact) mass is 1030 g/mol. The highest BCUT2D eigenvalue weighted by molar-refractivity contribution is 5.89. The number of carbonyl (C=O) groups excluding carboxylic acids is 1. The Morgan fingerprint density at radius 1 is 0.568 bits per heavy atom. The van der Waals surface area contributed by atoms with E-state index in [0.29, 0.717) is 5.56 Å². The number of hydrogen-bond acceptors (Lipinski definition) is 17. The highest BCUT2D eigenvalue weighted by atomic mass is 16.8. The third-order valence-electron chi connectivity index (χ3n) is 13.6. The summed E-state index contributed by atoms with van der Waals surface area (Å²) in [6.07, 6.45) is -13.5. The van der Waals surface area contributed by atoms with Crippen molar-refractivity contribution in [1.82, 2.24) is 0 Å². The lowest BCUT2D eigenvalue weighted by Gasteiger charge is -2.49. The van der Waals surface area contributed by atoms with Gasteiger partial charge in [0.2, 0.25) is 0 Å². The fraction of sp³-hybridized carbons (Fsp3) is 0.561. The zero-order valence-electron chi connectivity index (χ0n) is 43.7. The predicted molar refractivity (Wildman–Crippen MR) is 265 cm³/mol. The Kier molecular flexibility index (Phi) is 17.7. The van der Waals surface area contributed by atoms with Crippen molar-refractivity contribution in [3.05, 3.63) is 144 Å². The molecule has 0 unspecified atom stereocenters. The van der Waals surface area contributed by atoms with Crippen LogP contribution < -0.4 is 0 Å². The van der Waals surface area contributed by atoms with E-state index < -0.39 is 115 Å². The van der Waals surface area contributed by atoms with Crippen LogP contribution in [0.15, 0.2) is 121 Å². The van der Waals surface area contributed by atoms with E-state index in [2.05, 4.69) is 0 Å². The van der Waals surface area contributed by atoms with Gasteiger partial charge in [0.25, 0.3) is 0 Å². The maximum absolute atomic E-state index is 13.5. The maximum Gasteiger partial charge on any atom is 0.338 e. The van der Waals surface area contributed by atoms with E-state index in [9.17, 15) is 4.79 Å². The molecule has 0 bridgehead atoms. The first-order valence-corrected chi connectivity index (χ1v) is 25.5. The summed E-state index contributed by atoms with van der Waals surface area (Å²) in [5.74, 6) is -3.81. The van der Waals surface area contributed by atoms with Crippen molar-refractivity contribution in [2.75, 3.05) is 27.4 Å². The van der Waals surface area contributed by atoms with Gasteiger partial charge in [-0.15, -0.1) is 0 Å². The molecule has 5 fully saturated rings. The number of benzene rings is 4. The summed E-state index contributed by atoms with van der Waals surface area (Å²) < 4.78 is 106. The van der Waals surface area contributed by atoms with Gasteiger partial charge in [-0.1, -0.05) is 109 Å². The summed E-state index contributed by atoms with van der Waals surface area (Å²) in [4.78, 5) is 13.5. The van der Waals surface area contributed by atoms with Crippen LogP contribution in [0.2, 0.25) is 0 Å². The van der Waals surface area contributed by atoms with Crippen molar-refractivity contribution in [2.24, 2.45) is 0 Å². The summed E-state index contributed by atoms with van der Waals surface area (Å²) in [6.45, 7) is 13.4. The zero-order chi connectivity index (χ0) is 52.0. The number of ether oxygens (including phenoxy) is 16. The Hall–Kier alpha value is -4.25. The minimum atomic E-state index is -1.33. The molecule has 74 heavy (non-hydrogen) atoms. The average Bonchev–Trinajstić information content (AvgIpc) is 4.05. The van der Waals surface area contributed by atoms with Gasteiger partial charge in [-0.3, -0.25) is 0 Å². The van der Waals surface area contributed by atoms with E-state index >= 15 is 0 Å². The molecule has 17 heteroatoms. The SMILES string of the molecule is COC(OC)[C@@H]1OC(C)(C)O[C@H]1[C@H](O[C@@H]1O[C@H](COC(=O)c2ccccc2)[C@@H]2OC(C)(C)O[C@@H]2[C@H]1O[C@@H]1O[C@@H](C)[C@@H](OCc2ccccc2)[C@@H](OCc2ccccc2)[C@@H]1OCc1ccccc1)[C@H]1COC(C)(C)O1. The third-order valence-corrected chi connectivity index (χ3v) is 13.6. The predicted octanol–water partition coefficient (Wildman–Crippen LogP) is 7.65. The van der Waals surface area contributed by atoms with Crippen LogP contribution in [0.4, 0.5) is 0 Å². The fourth-order valence-corrected chi connectivity index (χ4v) is 10.2. The second-order valence-electron chi connectivity index (χ2n) is 20.5. The van der Waals surface area contributed by atoms with Crippen molar-refractivity contribution in [1.29, 1.82) is 0 Å². The number of esters is 1. The van der Waals surface area contributed by atoms with Crippen LogP contribution in [-0.4, -0.2) is 143 Å². The average molecular weight is 1030 g/mol. The molecule has 0 aliphatic carbocycles. The van der Waals surface area contributed by atoms with E-state index in [1.54, 1.807) is 52.0 Å². The van der Waals surface area contributed by atoms with E-state index in [1.807, 2.05) is 118 Å². The van der Waals surface area contributed by atoms with Crippen LogP contribution in [0.25, 0.3) is 0 Å². The quantitative estimate of drug-likeness (QED) is 0.0590. The molecular formula is C57H72O17. The summed E-state index contributed by atoms with van der Waals surface area (Å²) in [5, 5.41) is 0. The molecule has 0 spiro atoms. The van der Waals surface area contributed by atoms with Gasteiger partial charge in [0, 0.05) is 14.2 Å². The maximum atomic E-state index is 13.5. The number of fused-ring (bicyclic) bond motifs is 1. The minimum Gasteiger partial charge on any atom is -0.459 e. The Morgan fingerprint density at radius 2 is 1.08 bits per heavy atom. The lowest BCUT2D eigenvalue weighted by atomic mass is 9.96. The highest BCUT2D eigenvalue weighted by Gasteiger charge is 2.61. The Labute approximate surface area is 434 Å². The molecule has 402 valence electrons. The van der Waals surface area contributed by atoms with Crippen LogP contribution in [0.3, 0.4) is 0 Å². The van der Waals surface area contributed by atoms with Gasteiger partial charge in [0.1, 0.15) is 73.8 Å². The molecule has 5 heterocycles. The second kappa shape index (κ2) is 24.0. The molecule has 0 aromatic heterocycles. The lowest BCUT2D eigenvalue weighted by Crippen LogP contribution is -2.65. The highest BCUT2D eigenvalue weighted by Crippen LogP contribution is 2.44. The van der Waals surface area contributed by atoms with E-state index in [4.69, 9.17) is 75.8 Å². The van der Waals surface area contributed by atoms with Crippen LogP contribution in [-0.2, 0) is 95.6 Å². The van der Waals surface area contributed by atoms with Crippen molar-refractivity contribution in [3.63, 3.8) is 0 Å². The van der Waals surface area contributed by atoms with E-state index in [-0.39, 0.29) is 33.0 Å². The molecule has 0 radical (unpaired) electrons. The van der Waals surface area contributed by atoms with Gasteiger partial charge < -0.3 is 75.8 Å². The van der Waals surface area contributed by atoms with Crippen molar-refractivity contribution < 1.29 is 80.6 Å². The van der Waals surface area contributed by atoms with Crippen molar-refractivity contribution in [3.8, 4) is 0 Å². The lowest BCUT2D eigenvalue weighted by molar-refractivity contribution is -0.375. The topological polar surface area (TPSA) is 165 Å². The largest absolute Gasteiger partial charge is 0.459 e. The zero-order valence-corrected chi connectivity index (χ0v) is 43.7. The molecule has 0 N–H and O–H groups in total. The third kappa shape index (κ3) is 13.3. The second-order valence-corrected chi connectivity index (χ2v) is 20.5.